The zero-order valence-electron chi connectivity index (χ0n) is 5.22. The molecule has 0 N–H and O–H groups in total. The van der Waals surface area contributed by atoms with Crippen molar-refractivity contribution in [3.63, 3.8) is 0 Å². The molecule has 0 saturated heterocycles. The van der Waals surface area contributed by atoms with Gasteiger partial charge in [0, 0.05) is 0 Å². The molecule has 0 fully saturated rings. The first-order valence-corrected chi connectivity index (χ1v) is 2.68. The van der Waals surface area contributed by atoms with E-state index >= 15 is 0 Å². The fourth-order valence-corrected chi connectivity index (χ4v) is 0.378. The number of hydrogen-bond donors (Lipinski definition) is 0. The van der Waals surface area contributed by atoms with E-state index in [0.717, 1.165) is 0 Å². The van der Waals surface area contributed by atoms with Crippen LogP contribution in [-0.2, 0) is 4.79 Å². The zero-order chi connectivity index (χ0) is 7.28. The van der Waals surface area contributed by atoms with Crippen LogP contribution in [0.4, 0.5) is 0 Å². The van der Waals surface area contributed by atoms with Crippen LogP contribution < -0.4 is 5.11 Å². The van der Waals surface area contributed by atoms with Gasteiger partial charge in [-0.25, -0.2) is 0 Å². The maximum atomic E-state index is 9.96. The summed E-state index contributed by atoms with van der Waals surface area (Å²) in [6.07, 6.45) is 2.73. The summed E-state index contributed by atoms with van der Waals surface area (Å²) in [5.41, 5.74) is 0.134. The lowest BCUT2D eigenvalue weighted by atomic mass is 10.2. The summed E-state index contributed by atoms with van der Waals surface area (Å²) >= 11 is 0. The Balaban J connectivity index is 3.51. The van der Waals surface area contributed by atoms with E-state index in [-0.39, 0.29) is 5.57 Å². The Labute approximate surface area is 54.5 Å². The van der Waals surface area contributed by atoms with Gasteiger partial charge in [-0.3, -0.25) is 0 Å². The first kappa shape index (κ1) is 7.95. The summed E-state index contributed by atoms with van der Waals surface area (Å²) < 4.78 is 0. The average molecular weight is 125 g/mol. The fourth-order valence-electron chi connectivity index (χ4n) is 0.378. The third kappa shape index (κ3) is 3.53. The molecule has 0 aliphatic carbocycles. The van der Waals surface area contributed by atoms with E-state index in [1.165, 1.54) is 0 Å². The van der Waals surface area contributed by atoms with Crippen molar-refractivity contribution in [2.75, 3.05) is 0 Å². The molecule has 0 saturated carbocycles. The van der Waals surface area contributed by atoms with Gasteiger partial charge in [-0.05, 0) is 18.4 Å². The summed E-state index contributed by atoms with van der Waals surface area (Å²) in [6, 6.07) is 0. The van der Waals surface area contributed by atoms with E-state index in [1.807, 2.05) is 0 Å². The molecule has 2 heteroatoms. The lowest BCUT2D eigenvalue weighted by molar-refractivity contribution is -0.299. The molecule has 2 nitrogen and oxygen atoms in total. The highest BCUT2D eigenvalue weighted by molar-refractivity contribution is 5.83. The van der Waals surface area contributed by atoms with Crippen molar-refractivity contribution in [2.45, 2.75) is 12.8 Å². The largest absolute Gasteiger partial charge is 0.545 e. The van der Waals surface area contributed by atoms with Crippen molar-refractivity contribution in [3.8, 4) is 0 Å². The molecule has 0 rings (SSSR count). The molecule has 0 unspecified atom stereocenters. The minimum atomic E-state index is -1.17. The number of rotatable bonds is 4. The normalized spacial score (nSPS) is 8.44. The van der Waals surface area contributed by atoms with Gasteiger partial charge in [0.25, 0.3) is 0 Å². The smallest absolute Gasteiger partial charge is 0.0669 e. The van der Waals surface area contributed by atoms with Crippen molar-refractivity contribution in [3.05, 3.63) is 24.8 Å². The Kier molecular flexibility index (Phi) is 3.44. The number of hydrogen-bond acceptors (Lipinski definition) is 2. The fraction of sp³-hybridized carbons (Fsp3) is 0.286. The molecule has 0 amide bonds. The number of aliphatic carboxylic acids is 1. The van der Waals surface area contributed by atoms with Crippen molar-refractivity contribution >= 4 is 5.97 Å². The minimum Gasteiger partial charge on any atom is -0.545 e. The van der Waals surface area contributed by atoms with Crippen LogP contribution >= 0.6 is 0 Å². The van der Waals surface area contributed by atoms with Crippen LogP contribution in [0.5, 0.6) is 0 Å². The van der Waals surface area contributed by atoms with E-state index in [9.17, 15) is 9.90 Å². The summed E-state index contributed by atoms with van der Waals surface area (Å²) in [4.78, 5) is 9.96. The molecule has 0 aromatic rings. The molecule has 0 aromatic carbocycles. The molecule has 0 atom stereocenters. The van der Waals surface area contributed by atoms with Crippen LogP contribution in [0.3, 0.4) is 0 Å². The summed E-state index contributed by atoms with van der Waals surface area (Å²) in [6.45, 7) is 6.72. The van der Waals surface area contributed by atoms with Gasteiger partial charge in [-0.15, -0.1) is 6.58 Å². The van der Waals surface area contributed by atoms with E-state index in [0.29, 0.717) is 12.8 Å². The van der Waals surface area contributed by atoms with Gasteiger partial charge < -0.3 is 9.90 Å². The van der Waals surface area contributed by atoms with Gasteiger partial charge in [0.1, 0.15) is 0 Å². The Morgan fingerprint density at radius 2 is 2.22 bits per heavy atom. The molecular formula is C7H9O2-. The van der Waals surface area contributed by atoms with Crippen LogP contribution in [-0.4, -0.2) is 5.97 Å². The topological polar surface area (TPSA) is 40.1 Å². The Bertz CT molecular complexity index is 136. The number of carbonyl (C=O) groups is 1. The highest BCUT2D eigenvalue weighted by Gasteiger charge is 1.90. The van der Waals surface area contributed by atoms with Crippen molar-refractivity contribution in [1.29, 1.82) is 0 Å². The van der Waals surface area contributed by atoms with E-state index in [2.05, 4.69) is 13.2 Å². The second kappa shape index (κ2) is 3.89. The second-order valence-electron chi connectivity index (χ2n) is 1.72. The van der Waals surface area contributed by atoms with Crippen molar-refractivity contribution in [1.82, 2.24) is 0 Å². The molecule has 0 aromatic heterocycles. The van der Waals surface area contributed by atoms with Gasteiger partial charge in [-0.1, -0.05) is 12.7 Å². The van der Waals surface area contributed by atoms with E-state index in [4.69, 9.17) is 0 Å². The second-order valence-corrected chi connectivity index (χ2v) is 1.72. The number of carboxylic acid groups (broad SMARTS) is 1. The number of carboxylic acids is 1. The highest BCUT2D eigenvalue weighted by atomic mass is 16.4. The van der Waals surface area contributed by atoms with Crippen LogP contribution in [0.25, 0.3) is 0 Å². The third-order valence-corrected chi connectivity index (χ3v) is 0.939. The lowest BCUT2D eigenvalue weighted by Crippen LogP contribution is -2.23. The Hall–Kier alpha value is -1.05. The van der Waals surface area contributed by atoms with Gasteiger partial charge in [0.15, 0.2) is 0 Å². The van der Waals surface area contributed by atoms with E-state index < -0.39 is 5.97 Å². The van der Waals surface area contributed by atoms with Crippen LogP contribution in [0, 0.1) is 0 Å². The Morgan fingerprint density at radius 1 is 1.67 bits per heavy atom. The number of allylic oxidation sites excluding steroid dienone is 1. The monoisotopic (exact) mass is 125 g/mol. The minimum absolute atomic E-state index is 0.134. The molecule has 0 bridgehead atoms. The SMILES string of the molecule is C=CCCC(=C)C(=O)[O-]. The zero-order valence-corrected chi connectivity index (χ0v) is 5.22. The van der Waals surface area contributed by atoms with Crippen molar-refractivity contribution in [2.24, 2.45) is 0 Å². The first-order chi connectivity index (χ1) is 4.18. The molecule has 50 valence electrons. The molecule has 0 heterocycles. The summed E-state index contributed by atoms with van der Waals surface area (Å²) in [5.74, 6) is -1.17. The predicted octanol–water partition coefficient (Wildman–Crippen LogP) is 0.259. The van der Waals surface area contributed by atoms with Crippen molar-refractivity contribution < 1.29 is 9.90 Å². The highest BCUT2D eigenvalue weighted by Crippen LogP contribution is 1.99. The Morgan fingerprint density at radius 3 is 2.56 bits per heavy atom. The van der Waals surface area contributed by atoms with Crippen LogP contribution in [0.2, 0.25) is 0 Å². The molecule has 0 radical (unpaired) electrons. The summed E-state index contributed by atoms with van der Waals surface area (Å²) in [5, 5.41) is 9.96. The van der Waals surface area contributed by atoms with Gasteiger partial charge in [0.2, 0.25) is 0 Å². The maximum absolute atomic E-state index is 9.96. The van der Waals surface area contributed by atoms with Gasteiger partial charge in [0.05, 0.1) is 5.97 Å². The van der Waals surface area contributed by atoms with E-state index in [1.54, 1.807) is 6.08 Å². The lowest BCUT2D eigenvalue weighted by Gasteiger charge is -2.02. The van der Waals surface area contributed by atoms with Crippen LogP contribution in [0.15, 0.2) is 24.8 Å². The standard InChI is InChI=1S/C7H10O2/c1-3-4-5-6(2)7(8)9/h3H,1-2,4-5H2,(H,8,9)/p-1. The van der Waals surface area contributed by atoms with Gasteiger partial charge >= 0.3 is 0 Å². The molecular weight excluding hydrogens is 116 g/mol. The predicted molar refractivity (Wildman–Crippen MR) is 33.6 cm³/mol. The molecule has 0 spiro atoms. The van der Waals surface area contributed by atoms with Crippen LogP contribution in [0.1, 0.15) is 12.8 Å². The first-order valence-electron chi connectivity index (χ1n) is 2.68. The van der Waals surface area contributed by atoms with Gasteiger partial charge in [-0.2, -0.15) is 0 Å². The maximum Gasteiger partial charge on any atom is 0.0669 e. The number of carbonyl (C=O) groups excluding carboxylic acids is 1. The summed E-state index contributed by atoms with van der Waals surface area (Å²) in [7, 11) is 0. The molecule has 0 aliphatic heterocycles. The molecule has 0 aliphatic rings. The quantitative estimate of drug-likeness (QED) is 0.399. The molecule has 9 heavy (non-hydrogen) atoms. The average Bonchev–Trinajstić information content (AvgIpc) is 1.82. The third-order valence-electron chi connectivity index (χ3n) is 0.939.